The molecule has 0 radical (unpaired) electrons. The third-order valence-electron chi connectivity index (χ3n) is 3.90. The fourth-order valence-corrected chi connectivity index (χ4v) is 2.82. The van der Waals surface area contributed by atoms with Crippen LogP contribution in [0.15, 0.2) is 48.5 Å². The van der Waals surface area contributed by atoms with Crippen LogP contribution in [0.5, 0.6) is 5.75 Å². The molecule has 0 saturated carbocycles. The van der Waals surface area contributed by atoms with Gasteiger partial charge < -0.3 is 15.0 Å². The zero-order chi connectivity index (χ0) is 18.0. The lowest BCUT2D eigenvalue weighted by molar-refractivity contribution is -0.116. The maximum atomic E-state index is 13.0. The summed E-state index contributed by atoms with van der Waals surface area (Å²) in [6, 6.07) is 12.2. The second-order valence-corrected chi connectivity index (χ2v) is 5.70. The predicted octanol–water partition coefficient (Wildman–Crippen LogP) is 3.67. The Morgan fingerprint density at radius 3 is 2.56 bits per heavy atom. The van der Waals surface area contributed by atoms with E-state index in [0.29, 0.717) is 16.9 Å². The highest BCUT2D eigenvalue weighted by atomic mass is 19.3. The summed E-state index contributed by atoms with van der Waals surface area (Å²) >= 11 is 0. The van der Waals surface area contributed by atoms with E-state index in [0.717, 1.165) is 0 Å². The van der Waals surface area contributed by atoms with E-state index in [1.807, 2.05) is 0 Å². The number of rotatable bonds is 3. The van der Waals surface area contributed by atoms with E-state index in [4.69, 9.17) is 0 Å². The van der Waals surface area contributed by atoms with E-state index < -0.39 is 6.61 Å². The fraction of sp³-hybridized carbons (Fsp3) is 0.222. The number of alkyl halides is 2. The van der Waals surface area contributed by atoms with Crippen LogP contribution in [-0.4, -0.2) is 24.5 Å². The van der Waals surface area contributed by atoms with Crippen LogP contribution in [0.2, 0.25) is 0 Å². The Balaban J connectivity index is 1.93. The first-order valence-electron chi connectivity index (χ1n) is 7.73. The highest BCUT2D eigenvalue weighted by Gasteiger charge is 2.30. The molecule has 0 aromatic heterocycles. The monoisotopic (exact) mass is 346 g/mol. The van der Waals surface area contributed by atoms with Crippen LogP contribution in [0.1, 0.15) is 23.7 Å². The van der Waals surface area contributed by atoms with Crippen molar-refractivity contribution in [2.75, 3.05) is 10.2 Å². The van der Waals surface area contributed by atoms with Crippen molar-refractivity contribution in [3.8, 4) is 5.75 Å². The Hall–Kier alpha value is -2.96. The van der Waals surface area contributed by atoms with Gasteiger partial charge in [0.25, 0.3) is 5.91 Å². The van der Waals surface area contributed by atoms with Gasteiger partial charge in [-0.15, -0.1) is 0 Å². The zero-order valence-corrected chi connectivity index (χ0v) is 13.4. The Morgan fingerprint density at radius 1 is 1.20 bits per heavy atom. The Bertz CT molecular complexity index is 793. The zero-order valence-electron chi connectivity index (χ0n) is 13.4. The molecule has 2 aromatic rings. The largest absolute Gasteiger partial charge is 0.435 e. The SMILES string of the molecule is C[C@@H]1CC(=O)Nc2ccccc2N1C(=O)c1ccc(OC(F)F)cc1. The second kappa shape index (κ2) is 6.88. The van der Waals surface area contributed by atoms with Gasteiger partial charge in [-0.3, -0.25) is 9.59 Å². The normalized spacial score (nSPS) is 16.9. The number of amides is 2. The summed E-state index contributed by atoms with van der Waals surface area (Å²) in [5, 5.41) is 2.78. The number of anilines is 2. The summed E-state index contributed by atoms with van der Waals surface area (Å²) in [5.74, 6) is -0.510. The molecule has 1 aliphatic heterocycles. The summed E-state index contributed by atoms with van der Waals surface area (Å²) < 4.78 is 28.8. The molecule has 0 aliphatic carbocycles. The first kappa shape index (κ1) is 16.9. The number of carbonyl (C=O) groups is 2. The van der Waals surface area contributed by atoms with Crippen LogP contribution in [0, 0.1) is 0 Å². The maximum Gasteiger partial charge on any atom is 0.387 e. The fourth-order valence-electron chi connectivity index (χ4n) is 2.82. The minimum atomic E-state index is -2.92. The lowest BCUT2D eigenvalue weighted by Gasteiger charge is -2.28. The first-order chi connectivity index (χ1) is 12.0. The molecule has 3 rings (SSSR count). The molecule has 1 N–H and O–H groups in total. The number of hydrogen-bond acceptors (Lipinski definition) is 3. The van der Waals surface area contributed by atoms with E-state index in [1.54, 1.807) is 31.2 Å². The van der Waals surface area contributed by atoms with Gasteiger partial charge in [0.05, 0.1) is 11.4 Å². The molecule has 1 atom stereocenters. The van der Waals surface area contributed by atoms with Crippen molar-refractivity contribution in [2.24, 2.45) is 0 Å². The first-order valence-corrected chi connectivity index (χ1v) is 7.73. The van der Waals surface area contributed by atoms with Crippen molar-refractivity contribution in [1.82, 2.24) is 0 Å². The van der Waals surface area contributed by atoms with Gasteiger partial charge >= 0.3 is 6.61 Å². The number of carbonyl (C=O) groups excluding carboxylic acids is 2. The maximum absolute atomic E-state index is 13.0. The van der Waals surface area contributed by atoms with Gasteiger partial charge in [-0.05, 0) is 43.3 Å². The van der Waals surface area contributed by atoms with Gasteiger partial charge in [-0.25, -0.2) is 0 Å². The number of fused-ring (bicyclic) bond motifs is 1. The van der Waals surface area contributed by atoms with Gasteiger partial charge in [0.2, 0.25) is 5.91 Å². The molecule has 5 nitrogen and oxygen atoms in total. The van der Waals surface area contributed by atoms with Gasteiger partial charge in [0.15, 0.2) is 0 Å². The molecule has 0 fully saturated rings. The molecule has 1 aliphatic rings. The van der Waals surface area contributed by atoms with Crippen molar-refractivity contribution >= 4 is 23.2 Å². The lowest BCUT2D eigenvalue weighted by atomic mass is 10.1. The third kappa shape index (κ3) is 3.60. The van der Waals surface area contributed by atoms with Gasteiger partial charge in [0.1, 0.15) is 5.75 Å². The molecule has 7 heteroatoms. The van der Waals surface area contributed by atoms with Crippen LogP contribution < -0.4 is 15.0 Å². The molecule has 0 saturated heterocycles. The number of hydrogen-bond donors (Lipinski definition) is 1. The Kier molecular flexibility index (Phi) is 4.65. The number of para-hydroxylation sites is 2. The van der Waals surface area contributed by atoms with Gasteiger partial charge in [-0.2, -0.15) is 8.78 Å². The summed E-state index contributed by atoms with van der Waals surface area (Å²) in [5.41, 5.74) is 1.47. The highest BCUT2D eigenvalue weighted by Crippen LogP contribution is 2.32. The number of benzene rings is 2. The van der Waals surface area contributed by atoms with Gasteiger partial charge in [0, 0.05) is 18.0 Å². The number of halogens is 2. The minimum Gasteiger partial charge on any atom is -0.435 e. The van der Waals surface area contributed by atoms with E-state index in [9.17, 15) is 18.4 Å². The molecule has 130 valence electrons. The molecule has 2 aromatic carbocycles. The van der Waals surface area contributed by atoms with Crippen molar-refractivity contribution in [1.29, 1.82) is 0 Å². The lowest BCUT2D eigenvalue weighted by Crippen LogP contribution is -2.39. The summed E-state index contributed by atoms with van der Waals surface area (Å²) in [7, 11) is 0. The summed E-state index contributed by atoms with van der Waals surface area (Å²) in [4.78, 5) is 26.5. The molecule has 0 bridgehead atoms. The topological polar surface area (TPSA) is 58.6 Å². The molecular weight excluding hydrogens is 330 g/mol. The van der Waals surface area contributed by atoms with Crippen LogP contribution in [0.3, 0.4) is 0 Å². The molecule has 2 amide bonds. The van der Waals surface area contributed by atoms with E-state index >= 15 is 0 Å². The van der Waals surface area contributed by atoms with Gasteiger partial charge in [-0.1, -0.05) is 12.1 Å². The van der Waals surface area contributed by atoms with Crippen LogP contribution in [-0.2, 0) is 4.79 Å². The molecule has 0 unspecified atom stereocenters. The minimum absolute atomic E-state index is 0.0206. The van der Waals surface area contributed by atoms with Crippen molar-refractivity contribution in [2.45, 2.75) is 26.0 Å². The molecule has 25 heavy (non-hydrogen) atoms. The van der Waals surface area contributed by atoms with E-state index in [2.05, 4.69) is 10.1 Å². The Labute approximate surface area is 143 Å². The van der Waals surface area contributed by atoms with E-state index in [1.165, 1.54) is 29.2 Å². The highest BCUT2D eigenvalue weighted by molar-refractivity contribution is 6.11. The molecule has 0 spiro atoms. The second-order valence-electron chi connectivity index (χ2n) is 5.70. The van der Waals surface area contributed by atoms with Crippen LogP contribution in [0.25, 0.3) is 0 Å². The average molecular weight is 346 g/mol. The van der Waals surface area contributed by atoms with Crippen LogP contribution in [0.4, 0.5) is 20.2 Å². The van der Waals surface area contributed by atoms with Crippen molar-refractivity contribution in [3.05, 3.63) is 54.1 Å². The van der Waals surface area contributed by atoms with E-state index in [-0.39, 0.29) is 30.0 Å². The molecule has 1 heterocycles. The number of ether oxygens (including phenoxy) is 1. The standard InChI is InChI=1S/C18H16F2N2O3/c1-11-10-16(23)21-14-4-2-3-5-15(14)22(11)17(24)12-6-8-13(9-7-12)25-18(19)20/h2-9,11,18H,10H2,1H3,(H,21,23)/t11-/m1/s1. The average Bonchev–Trinajstić information content (AvgIpc) is 2.68. The van der Waals surface area contributed by atoms with Crippen molar-refractivity contribution < 1.29 is 23.1 Å². The van der Waals surface area contributed by atoms with Crippen molar-refractivity contribution in [3.63, 3.8) is 0 Å². The Morgan fingerprint density at radius 2 is 1.88 bits per heavy atom. The third-order valence-corrected chi connectivity index (χ3v) is 3.90. The quantitative estimate of drug-likeness (QED) is 0.923. The van der Waals surface area contributed by atoms with Crippen LogP contribution >= 0.6 is 0 Å². The number of nitrogens with one attached hydrogen (secondary N) is 1. The number of nitrogens with zero attached hydrogens (tertiary/aromatic N) is 1. The predicted molar refractivity (Wildman–Crippen MR) is 89.0 cm³/mol. The summed E-state index contributed by atoms with van der Waals surface area (Å²) in [6.45, 7) is -1.13. The summed E-state index contributed by atoms with van der Waals surface area (Å²) in [6.07, 6.45) is 0.160. The smallest absolute Gasteiger partial charge is 0.387 e. The molecular formula is C18H16F2N2O3.